The summed E-state index contributed by atoms with van der Waals surface area (Å²) in [6, 6.07) is 19.2. The molecule has 0 unspecified atom stereocenters. The fourth-order valence-corrected chi connectivity index (χ4v) is 4.76. The van der Waals surface area contributed by atoms with Crippen molar-refractivity contribution in [3.05, 3.63) is 72.1 Å². The van der Waals surface area contributed by atoms with Crippen LogP contribution in [0, 0.1) is 0 Å². The van der Waals surface area contributed by atoms with Crippen LogP contribution in [0.3, 0.4) is 0 Å². The summed E-state index contributed by atoms with van der Waals surface area (Å²) in [5.74, 6) is 3.70. The van der Waals surface area contributed by atoms with Crippen molar-refractivity contribution in [2.45, 2.75) is 39.2 Å². The molecule has 9 heteroatoms. The number of unbranched alkanes of at least 4 members (excludes halogenated alkanes) is 2. The second-order valence-corrected chi connectivity index (χ2v) is 9.38. The molecule has 1 amide bonds. The van der Waals surface area contributed by atoms with Crippen LogP contribution < -0.4 is 29.0 Å². The minimum Gasteiger partial charge on any atom is -0.493 e. The zero-order chi connectivity index (χ0) is 29.0. The Balaban J connectivity index is 1.29. The average Bonchev–Trinajstić information content (AvgIpc) is 3.36. The minimum absolute atomic E-state index is 0.183. The van der Waals surface area contributed by atoms with Crippen LogP contribution in [0.15, 0.2) is 60.7 Å². The van der Waals surface area contributed by atoms with Crippen LogP contribution in [0.25, 0.3) is 11.0 Å². The summed E-state index contributed by atoms with van der Waals surface area (Å²) in [6.45, 7) is 4.31. The fourth-order valence-electron chi connectivity index (χ4n) is 4.76. The first-order chi connectivity index (χ1) is 20.1. The number of amides is 1. The van der Waals surface area contributed by atoms with Gasteiger partial charge < -0.3 is 33.6 Å². The Morgan fingerprint density at radius 2 is 1.51 bits per heavy atom. The first kappa shape index (κ1) is 29.6. The van der Waals surface area contributed by atoms with E-state index in [1.807, 2.05) is 49.4 Å². The second-order valence-electron chi connectivity index (χ2n) is 9.38. The second kappa shape index (κ2) is 14.8. The predicted molar refractivity (Wildman–Crippen MR) is 159 cm³/mol. The van der Waals surface area contributed by atoms with E-state index in [1.165, 1.54) is 21.3 Å². The summed E-state index contributed by atoms with van der Waals surface area (Å²) in [5.41, 5.74) is 2.54. The van der Waals surface area contributed by atoms with Crippen molar-refractivity contribution in [2.75, 3.05) is 41.1 Å². The standard InChI is InChI=1S/C32H39N3O6/c1-5-40-26-15-10-11-16-27(26)41-20-19-35-25-14-9-8-13-24(25)34-30(35)17-7-6-12-18-33-32(36)23-21-28(37-2)31(39-4)29(22-23)38-3/h8-11,13-16,21-22H,5-7,12,17-20H2,1-4H3,(H,33,36). The van der Waals surface area contributed by atoms with Crippen LogP contribution in [0.2, 0.25) is 0 Å². The van der Waals surface area contributed by atoms with Gasteiger partial charge in [-0.25, -0.2) is 4.98 Å². The van der Waals surface area contributed by atoms with E-state index in [0.29, 0.717) is 49.1 Å². The Morgan fingerprint density at radius 1 is 0.829 bits per heavy atom. The number of para-hydroxylation sites is 4. The smallest absolute Gasteiger partial charge is 0.251 e. The Kier molecular flexibility index (Phi) is 10.7. The van der Waals surface area contributed by atoms with Crippen molar-refractivity contribution in [3.63, 3.8) is 0 Å². The number of carbonyl (C=O) groups is 1. The maximum atomic E-state index is 12.7. The molecule has 4 aromatic rings. The molecule has 1 N–H and O–H groups in total. The van der Waals surface area contributed by atoms with Gasteiger partial charge in [0.1, 0.15) is 12.4 Å². The summed E-state index contributed by atoms with van der Waals surface area (Å²) in [4.78, 5) is 17.6. The lowest BCUT2D eigenvalue weighted by Crippen LogP contribution is -2.24. The number of hydrogen-bond donors (Lipinski definition) is 1. The summed E-state index contributed by atoms with van der Waals surface area (Å²) in [5, 5.41) is 2.99. The van der Waals surface area contributed by atoms with Crippen molar-refractivity contribution in [1.82, 2.24) is 14.9 Å². The maximum absolute atomic E-state index is 12.7. The highest BCUT2D eigenvalue weighted by Gasteiger charge is 2.17. The van der Waals surface area contributed by atoms with Crippen molar-refractivity contribution in [2.24, 2.45) is 0 Å². The van der Waals surface area contributed by atoms with Crippen LogP contribution in [-0.4, -0.2) is 56.5 Å². The lowest BCUT2D eigenvalue weighted by molar-refractivity contribution is 0.0952. The van der Waals surface area contributed by atoms with Crippen molar-refractivity contribution >= 4 is 16.9 Å². The Bertz CT molecular complexity index is 1410. The molecule has 0 saturated heterocycles. The topological polar surface area (TPSA) is 93.1 Å². The van der Waals surface area contributed by atoms with E-state index >= 15 is 0 Å². The number of aryl methyl sites for hydroxylation is 1. The molecule has 0 aliphatic rings. The molecule has 0 fully saturated rings. The van der Waals surface area contributed by atoms with Crippen LogP contribution in [0.1, 0.15) is 42.4 Å². The molecule has 0 radical (unpaired) electrons. The zero-order valence-electron chi connectivity index (χ0n) is 24.3. The van der Waals surface area contributed by atoms with Gasteiger partial charge in [0, 0.05) is 18.5 Å². The van der Waals surface area contributed by atoms with Gasteiger partial charge in [0.2, 0.25) is 5.75 Å². The Morgan fingerprint density at radius 3 is 2.20 bits per heavy atom. The molecule has 4 rings (SSSR count). The number of hydrogen-bond acceptors (Lipinski definition) is 7. The summed E-state index contributed by atoms with van der Waals surface area (Å²) in [6.07, 6.45) is 3.60. The van der Waals surface area contributed by atoms with Gasteiger partial charge in [-0.2, -0.15) is 0 Å². The van der Waals surface area contributed by atoms with Crippen molar-refractivity contribution in [1.29, 1.82) is 0 Å². The van der Waals surface area contributed by atoms with Gasteiger partial charge in [-0.05, 0) is 56.2 Å². The van der Waals surface area contributed by atoms with Crippen LogP contribution in [0.5, 0.6) is 28.7 Å². The molecular weight excluding hydrogens is 522 g/mol. The van der Waals surface area contributed by atoms with E-state index in [1.54, 1.807) is 12.1 Å². The quantitative estimate of drug-likeness (QED) is 0.176. The molecule has 9 nitrogen and oxygen atoms in total. The molecule has 1 heterocycles. The van der Waals surface area contributed by atoms with E-state index in [0.717, 1.165) is 54.0 Å². The lowest BCUT2D eigenvalue weighted by Gasteiger charge is -2.14. The van der Waals surface area contributed by atoms with Gasteiger partial charge in [-0.1, -0.05) is 30.7 Å². The third kappa shape index (κ3) is 7.42. The molecule has 0 spiro atoms. The molecule has 41 heavy (non-hydrogen) atoms. The van der Waals surface area contributed by atoms with Crippen molar-refractivity contribution < 1.29 is 28.5 Å². The van der Waals surface area contributed by atoms with Crippen LogP contribution in [0.4, 0.5) is 0 Å². The molecule has 1 aromatic heterocycles. The highest BCUT2D eigenvalue weighted by atomic mass is 16.5. The van der Waals surface area contributed by atoms with Gasteiger partial charge in [0.25, 0.3) is 5.91 Å². The Hall–Kier alpha value is -4.40. The number of imidazole rings is 1. The third-order valence-corrected chi connectivity index (χ3v) is 6.74. The first-order valence-corrected chi connectivity index (χ1v) is 14.0. The van der Waals surface area contributed by atoms with Crippen LogP contribution in [-0.2, 0) is 13.0 Å². The number of carbonyl (C=O) groups excluding carboxylic acids is 1. The molecule has 0 aliphatic heterocycles. The van der Waals surface area contributed by atoms with Crippen LogP contribution >= 0.6 is 0 Å². The number of nitrogens with one attached hydrogen (secondary N) is 1. The highest BCUT2D eigenvalue weighted by Crippen LogP contribution is 2.38. The highest BCUT2D eigenvalue weighted by molar-refractivity contribution is 5.95. The molecule has 0 saturated carbocycles. The number of nitrogens with zero attached hydrogens (tertiary/aromatic N) is 2. The van der Waals surface area contributed by atoms with E-state index in [-0.39, 0.29) is 5.91 Å². The number of benzene rings is 3. The third-order valence-electron chi connectivity index (χ3n) is 6.74. The summed E-state index contributed by atoms with van der Waals surface area (Å²) >= 11 is 0. The molecular formula is C32H39N3O6. The van der Waals surface area contributed by atoms with Gasteiger partial charge in [-0.3, -0.25) is 4.79 Å². The molecule has 3 aromatic carbocycles. The largest absolute Gasteiger partial charge is 0.493 e. The van der Waals surface area contributed by atoms with Gasteiger partial charge in [0.05, 0.1) is 45.5 Å². The van der Waals surface area contributed by atoms with E-state index in [9.17, 15) is 4.79 Å². The van der Waals surface area contributed by atoms with Gasteiger partial charge in [0.15, 0.2) is 23.0 Å². The number of methoxy groups -OCH3 is 3. The number of fused-ring (bicyclic) bond motifs is 1. The predicted octanol–water partition coefficient (Wildman–Crippen LogP) is 5.68. The maximum Gasteiger partial charge on any atom is 0.251 e. The molecule has 218 valence electrons. The monoisotopic (exact) mass is 561 g/mol. The fraction of sp³-hybridized carbons (Fsp3) is 0.375. The van der Waals surface area contributed by atoms with Gasteiger partial charge in [-0.15, -0.1) is 0 Å². The first-order valence-electron chi connectivity index (χ1n) is 14.0. The normalized spacial score (nSPS) is 10.8. The lowest BCUT2D eigenvalue weighted by atomic mass is 10.1. The Labute approximate surface area is 241 Å². The van der Waals surface area contributed by atoms with E-state index in [4.69, 9.17) is 28.7 Å². The number of aromatic nitrogens is 2. The van der Waals surface area contributed by atoms with E-state index < -0.39 is 0 Å². The summed E-state index contributed by atoms with van der Waals surface area (Å²) in [7, 11) is 4.59. The van der Waals surface area contributed by atoms with Gasteiger partial charge >= 0.3 is 0 Å². The SMILES string of the molecule is CCOc1ccccc1OCCn1c(CCCCCNC(=O)c2cc(OC)c(OC)c(OC)c2)nc2ccccc21. The molecule has 0 atom stereocenters. The molecule has 0 bridgehead atoms. The molecule has 0 aliphatic carbocycles. The number of rotatable bonds is 16. The number of ether oxygens (including phenoxy) is 5. The minimum atomic E-state index is -0.183. The zero-order valence-corrected chi connectivity index (χ0v) is 24.3. The summed E-state index contributed by atoms with van der Waals surface area (Å²) < 4.78 is 30.1. The van der Waals surface area contributed by atoms with E-state index in [2.05, 4.69) is 16.0 Å². The van der Waals surface area contributed by atoms with Crippen molar-refractivity contribution in [3.8, 4) is 28.7 Å². The average molecular weight is 562 g/mol.